The van der Waals surface area contributed by atoms with E-state index in [1.165, 1.54) is 11.3 Å². The molecule has 3 N–H and O–H groups in total. The molecule has 0 aliphatic rings. The van der Waals surface area contributed by atoms with Gasteiger partial charge in [0.25, 0.3) is 0 Å². The van der Waals surface area contributed by atoms with Gasteiger partial charge in [-0.15, -0.1) is 11.3 Å². The van der Waals surface area contributed by atoms with E-state index in [0.717, 1.165) is 8.66 Å². The van der Waals surface area contributed by atoms with Gasteiger partial charge in [-0.2, -0.15) is 0 Å². The number of hydrogen-bond acceptors (Lipinski definition) is 4. The van der Waals surface area contributed by atoms with Crippen LogP contribution < -0.4 is 10.5 Å². The molecule has 1 heterocycles. The monoisotopic (exact) mass is 374 g/mol. The van der Waals surface area contributed by atoms with Crippen LogP contribution in [-0.2, 0) is 16.6 Å². The first-order valence-electron chi connectivity index (χ1n) is 5.91. The summed E-state index contributed by atoms with van der Waals surface area (Å²) in [6, 6.07) is 7.22. The fourth-order valence-corrected chi connectivity index (χ4v) is 4.96. The van der Waals surface area contributed by atoms with Crippen molar-refractivity contribution in [3.63, 3.8) is 0 Å². The van der Waals surface area contributed by atoms with Gasteiger partial charge in [-0.1, -0.05) is 6.07 Å². The molecule has 1 aromatic heterocycles. The van der Waals surface area contributed by atoms with Crippen LogP contribution in [0.5, 0.6) is 0 Å². The summed E-state index contributed by atoms with van der Waals surface area (Å²) < 4.78 is 28.5. The van der Waals surface area contributed by atoms with Crippen LogP contribution in [-0.4, -0.2) is 8.42 Å². The average Bonchev–Trinajstić information content (AvgIpc) is 2.78. The minimum Gasteiger partial charge on any atom is -0.398 e. The van der Waals surface area contributed by atoms with E-state index in [4.69, 9.17) is 5.73 Å². The normalized spacial score (nSPS) is 11.8. The second-order valence-corrected chi connectivity index (χ2v) is 8.71. The molecule has 20 heavy (non-hydrogen) atoms. The van der Waals surface area contributed by atoms with Gasteiger partial charge >= 0.3 is 0 Å². The quantitative estimate of drug-likeness (QED) is 0.807. The van der Waals surface area contributed by atoms with Crippen LogP contribution in [0.1, 0.15) is 16.0 Å². The number of aryl methyl sites for hydroxylation is 1. The SMILES string of the molecule is Cc1ccc(N)c(C)c1S(=O)(=O)NCc1ccc(Br)s1. The summed E-state index contributed by atoms with van der Waals surface area (Å²) in [6.45, 7) is 3.76. The fraction of sp³-hybridized carbons (Fsp3) is 0.231. The Kier molecular flexibility index (Phi) is 4.53. The highest BCUT2D eigenvalue weighted by atomic mass is 79.9. The van der Waals surface area contributed by atoms with Crippen molar-refractivity contribution < 1.29 is 8.42 Å². The molecule has 1 aromatic carbocycles. The van der Waals surface area contributed by atoms with Crippen LogP contribution in [0.15, 0.2) is 32.9 Å². The van der Waals surface area contributed by atoms with Gasteiger partial charge in [0.1, 0.15) is 0 Å². The molecule has 0 spiro atoms. The zero-order valence-corrected chi connectivity index (χ0v) is 14.3. The number of nitrogens with two attached hydrogens (primary N) is 1. The lowest BCUT2D eigenvalue weighted by molar-refractivity contribution is 0.580. The second-order valence-electron chi connectivity index (χ2n) is 4.46. The molecule has 0 fully saturated rings. The van der Waals surface area contributed by atoms with Crippen molar-refractivity contribution in [3.8, 4) is 0 Å². The third kappa shape index (κ3) is 3.22. The lowest BCUT2D eigenvalue weighted by Crippen LogP contribution is -2.24. The number of nitrogens with one attached hydrogen (secondary N) is 1. The number of benzene rings is 1. The van der Waals surface area contributed by atoms with E-state index in [2.05, 4.69) is 20.7 Å². The zero-order valence-electron chi connectivity index (χ0n) is 11.1. The third-order valence-corrected chi connectivity index (χ3v) is 6.29. The van der Waals surface area contributed by atoms with Crippen molar-refractivity contribution in [2.75, 3.05) is 5.73 Å². The molecule has 2 aromatic rings. The first-order valence-corrected chi connectivity index (χ1v) is 9.00. The van der Waals surface area contributed by atoms with Gasteiger partial charge in [-0.3, -0.25) is 0 Å². The molecule has 108 valence electrons. The van der Waals surface area contributed by atoms with E-state index in [9.17, 15) is 8.42 Å². The molecule has 0 saturated heterocycles. The molecular formula is C13H15BrN2O2S2. The zero-order chi connectivity index (χ0) is 14.9. The van der Waals surface area contributed by atoms with Crippen LogP contribution in [0, 0.1) is 13.8 Å². The van der Waals surface area contributed by atoms with Gasteiger partial charge in [0.2, 0.25) is 10.0 Å². The van der Waals surface area contributed by atoms with E-state index < -0.39 is 10.0 Å². The Morgan fingerprint density at radius 2 is 1.95 bits per heavy atom. The van der Waals surface area contributed by atoms with Crippen LogP contribution >= 0.6 is 27.3 Å². The molecule has 4 nitrogen and oxygen atoms in total. The Morgan fingerprint density at radius 3 is 2.55 bits per heavy atom. The highest BCUT2D eigenvalue weighted by molar-refractivity contribution is 9.11. The number of nitrogen functional groups attached to an aromatic ring is 1. The van der Waals surface area contributed by atoms with Crippen LogP contribution in [0.4, 0.5) is 5.69 Å². The fourth-order valence-electron chi connectivity index (χ4n) is 1.94. The predicted molar refractivity (Wildman–Crippen MR) is 86.4 cm³/mol. The van der Waals surface area contributed by atoms with Gasteiger partial charge in [-0.05, 0) is 59.1 Å². The van der Waals surface area contributed by atoms with E-state index >= 15 is 0 Å². The standard InChI is InChI=1S/C13H15BrN2O2S2/c1-8-3-5-11(15)9(2)13(8)20(17,18)16-7-10-4-6-12(14)19-10/h3-6,16H,7,15H2,1-2H3. The number of anilines is 1. The van der Waals surface area contributed by atoms with Gasteiger partial charge < -0.3 is 5.73 Å². The molecule has 0 aliphatic heterocycles. The van der Waals surface area contributed by atoms with Crippen molar-refractivity contribution in [1.29, 1.82) is 0 Å². The Labute approximate surface area is 131 Å². The molecule has 0 atom stereocenters. The summed E-state index contributed by atoms with van der Waals surface area (Å²) in [4.78, 5) is 1.22. The Bertz CT molecular complexity index is 739. The lowest BCUT2D eigenvalue weighted by Gasteiger charge is -2.13. The third-order valence-electron chi connectivity index (χ3n) is 2.98. The first kappa shape index (κ1) is 15.5. The van der Waals surface area contributed by atoms with E-state index in [1.807, 2.05) is 12.1 Å². The van der Waals surface area contributed by atoms with Gasteiger partial charge in [0.05, 0.1) is 8.68 Å². The topological polar surface area (TPSA) is 72.2 Å². The maximum Gasteiger partial charge on any atom is 0.241 e. The molecule has 0 aliphatic carbocycles. The minimum atomic E-state index is -3.57. The highest BCUT2D eigenvalue weighted by Gasteiger charge is 2.20. The van der Waals surface area contributed by atoms with Crippen LogP contribution in [0.3, 0.4) is 0 Å². The number of hydrogen-bond donors (Lipinski definition) is 2. The molecule has 0 bridgehead atoms. The van der Waals surface area contributed by atoms with Crippen LogP contribution in [0.25, 0.3) is 0 Å². The summed E-state index contributed by atoms with van der Waals surface area (Å²) >= 11 is 4.86. The summed E-state index contributed by atoms with van der Waals surface area (Å²) in [5.74, 6) is 0. The average molecular weight is 375 g/mol. The summed E-state index contributed by atoms with van der Waals surface area (Å²) in [5, 5.41) is 0. The maximum absolute atomic E-state index is 12.4. The van der Waals surface area contributed by atoms with Crippen molar-refractivity contribution in [2.24, 2.45) is 0 Å². The lowest BCUT2D eigenvalue weighted by atomic mass is 10.1. The number of halogens is 1. The molecule has 0 amide bonds. The molecule has 7 heteroatoms. The van der Waals surface area contributed by atoms with Crippen molar-refractivity contribution in [2.45, 2.75) is 25.3 Å². The number of rotatable bonds is 4. The van der Waals surface area contributed by atoms with Crippen LogP contribution in [0.2, 0.25) is 0 Å². The second kappa shape index (κ2) is 5.85. The Morgan fingerprint density at radius 1 is 1.25 bits per heavy atom. The summed E-state index contributed by atoms with van der Waals surface area (Å²) in [7, 11) is -3.57. The summed E-state index contributed by atoms with van der Waals surface area (Å²) in [6.07, 6.45) is 0. The molecular weight excluding hydrogens is 360 g/mol. The molecule has 0 radical (unpaired) electrons. The van der Waals surface area contributed by atoms with Gasteiger partial charge in [0, 0.05) is 17.1 Å². The summed E-state index contributed by atoms with van der Waals surface area (Å²) in [5.41, 5.74) is 7.56. The maximum atomic E-state index is 12.4. The van der Waals surface area contributed by atoms with E-state index in [0.29, 0.717) is 16.8 Å². The molecule has 0 saturated carbocycles. The van der Waals surface area contributed by atoms with E-state index in [-0.39, 0.29) is 11.4 Å². The highest BCUT2D eigenvalue weighted by Crippen LogP contribution is 2.26. The Balaban J connectivity index is 2.29. The number of thiophene rings is 1. The van der Waals surface area contributed by atoms with Crippen molar-refractivity contribution >= 4 is 43.0 Å². The van der Waals surface area contributed by atoms with Crippen molar-refractivity contribution in [3.05, 3.63) is 44.1 Å². The molecule has 0 unspecified atom stereocenters. The molecule has 2 rings (SSSR count). The van der Waals surface area contributed by atoms with Gasteiger partial charge in [0.15, 0.2) is 0 Å². The van der Waals surface area contributed by atoms with Gasteiger partial charge in [-0.25, -0.2) is 13.1 Å². The largest absolute Gasteiger partial charge is 0.398 e. The minimum absolute atomic E-state index is 0.270. The predicted octanol–water partition coefficient (Wildman–Crippen LogP) is 3.19. The first-order chi connectivity index (χ1) is 9.31. The van der Waals surface area contributed by atoms with E-state index in [1.54, 1.807) is 26.0 Å². The Hall–Kier alpha value is -0.890. The number of sulfonamides is 1. The van der Waals surface area contributed by atoms with Crippen molar-refractivity contribution in [1.82, 2.24) is 4.72 Å². The smallest absolute Gasteiger partial charge is 0.241 e.